The van der Waals surface area contributed by atoms with Crippen molar-refractivity contribution in [2.75, 3.05) is 13.1 Å². The molecule has 0 saturated carbocycles. The van der Waals surface area contributed by atoms with Crippen LogP contribution in [0.5, 0.6) is 0 Å². The Balaban J connectivity index is 2.23. The minimum absolute atomic E-state index is 0.149. The first-order valence-corrected chi connectivity index (χ1v) is 7.63. The fourth-order valence-corrected chi connectivity index (χ4v) is 2.61. The maximum atomic E-state index is 12.0. The smallest absolute Gasteiger partial charge is 0.284 e. The normalized spacial score (nSPS) is 10.5. The number of nitrogens with zero attached hydrogens (tertiary/aromatic N) is 4. The summed E-state index contributed by atoms with van der Waals surface area (Å²) in [6.45, 7) is 0.895. The van der Waals surface area contributed by atoms with Gasteiger partial charge in [-0.3, -0.25) is 14.9 Å². The van der Waals surface area contributed by atoms with Gasteiger partial charge in [-0.05, 0) is 36.9 Å². The second-order valence-corrected chi connectivity index (χ2v) is 5.67. The highest BCUT2D eigenvalue weighted by atomic mass is 32.2. The highest BCUT2D eigenvalue weighted by Crippen LogP contribution is 2.34. The van der Waals surface area contributed by atoms with Crippen LogP contribution in [0.3, 0.4) is 0 Å². The molecule has 23 heavy (non-hydrogen) atoms. The van der Waals surface area contributed by atoms with Gasteiger partial charge in [-0.25, -0.2) is 0 Å². The average Bonchev–Trinajstić information content (AvgIpc) is 2.92. The van der Waals surface area contributed by atoms with Gasteiger partial charge < -0.3 is 15.6 Å². The molecule has 1 aromatic carbocycles. The summed E-state index contributed by atoms with van der Waals surface area (Å²) in [7, 11) is 1.74. The van der Waals surface area contributed by atoms with Crippen LogP contribution in [0, 0.1) is 10.1 Å². The number of rotatable bonds is 7. The van der Waals surface area contributed by atoms with Crippen molar-refractivity contribution in [3.8, 4) is 0 Å². The summed E-state index contributed by atoms with van der Waals surface area (Å²) >= 11 is 1.12. The van der Waals surface area contributed by atoms with E-state index in [1.807, 2.05) is 0 Å². The summed E-state index contributed by atoms with van der Waals surface area (Å²) in [5, 5.41) is 22.1. The fraction of sp³-hybridized carbons (Fsp3) is 0.308. The van der Waals surface area contributed by atoms with Crippen LogP contribution in [0.15, 0.2) is 34.6 Å². The Hall–Kier alpha value is -2.46. The lowest BCUT2D eigenvalue weighted by molar-refractivity contribution is -0.387. The third-order valence-electron chi connectivity index (χ3n) is 2.96. The van der Waals surface area contributed by atoms with Crippen molar-refractivity contribution in [3.05, 3.63) is 40.2 Å². The minimum Gasteiger partial charge on any atom is -0.352 e. The lowest BCUT2D eigenvalue weighted by Crippen LogP contribution is -2.26. The van der Waals surface area contributed by atoms with Crippen molar-refractivity contribution in [2.45, 2.75) is 16.5 Å². The molecule has 0 aliphatic heterocycles. The van der Waals surface area contributed by atoms with Gasteiger partial charge in [0.2, 0.25) is 0 Å². The van der Waals surface area contributed by atoms with E-state index in [2.05, 4.69) is 15.5 Å². The zero-order valence-electron chi connectivity index (χ0n) is 12.4. The SMILES string of the molecule is Cn1cnnc1Sc1ccc(C(=O)NCCCN)cc1[N+](=O)[O-]. The van der Waals surface area contributed by atoms with Crippen LogP contribution in [-0.2, 0) is 7.05 Å². The maximum absolute atomic E-state index is 12.0. The molecule has 0 fully saturated rings. The number of aromatic nitrogens is 3. The largest absolute Gasteiger partial charge is 0.352 e. The molecule has 0 unspecified atom stereocenters. The number of aryl methyl sites for hydroxylation is 1. The van der Waals surface area contributed by atoms with Crippen molar-refractivity contribution < 1.29 is 9.72 Å². The van der Waals surface area contributed by atoms with Crippen LogP contribution in [0.4, 0.5) is 5.69 Å². The van der Waals surface area contributed by atoms with Crippen LogP contribution in [0.2, 0.25) is 0 Å². The molecule has 3 N–H and O–H groups in total. The standard InChI is InChI=1S/C13H16N6O3S/c1-18-8-16-17-13(18)23-11-4-3-9(7-10(11)19(21)22)12(20)15-6-2-5-14/h3-4,7-8H,2,5-6,14H2,1H3,(H,15,20). The van der Waals surface area contributed by atoms with E-state index in [-0.39, 0.29) is 17.2 Å². The first-order chi connectivity index (χ1) is 11.0. The molecule has 0 saturated heterocycles. The highest BCUT2D eigenvalue weighted by Gasteiger charge is 2.19. The summed E-state index contributed by atoms with van der Waals surface area (Å²) < 4.78 is 1.65. The first kappa shape index (κ1) is 16.9. The van der Waals surface area contributed by atoms with Gasteiger partial charge >= 0.3 is 0 Å². The monoisotopic (exact) mass is 336 g/mol. The van der Waals surface area contributed by atoms with Crippen LogP contribution >= 0.6 is 11.8 Å². The molecule has 2 rings (SSSR count). The highest BCUT2D eigenvalue weighted by molar-refractivity contribution is 7.99. The second kappa shape index (κ2) is 7.70. The van der Waals surface area contributed by atoms with Crippen molar-refractivity contribution in [3.63, 3.8) is 0 Å². The Bertz CT molecular complexity index is 717. The third-order valence-corrected chi connectivity index (χ3v) is 4.07. The van der Waals surface area contributed by atoms with E-state index in [1.165, 1.54) is 18.5 Å². The summed E-state index contributed by atoms with van der Waals surface area (Å²) in [6, 6.07) is 4.34. The summed E-state index contributed by atoms with van der Waals surface area (Å²) in [6.07, 6.45) is 2.15. The van der Waals surface area contributed by atoms with Crippen LogP contribution < -0.4 is 11.1 Å². The molecule has 122 valence electrons. The molecular weight excluding hydrogens is 320 g/mol. The number of nitro benzene ring substituents is 1. The first-order valence-electron chi connectivity index (χ1n) is 6.81. The predicted octanol–water partition coefficient (Wildman–Crippen LogP) is 0.953. The summed E-state index contributed by atoms with van der Waals surface area (Å²) in [5.41, 5.74) is 5.44. The van der Waals surface area contributed by atoms with Gasteiger partial charge in [0.1, 0.15) is 6.33 Å². The number of nitro groups is 1. The number of amides is 1. The molecule has 0 spiro atoms. The van der Waals surface area contributed by atoms with E-state index in [0.29, 0.717) is 29.6 Å². The zero-order chi connectivity index (χ0) is 16.8. The molecule has 1 aromatic heterocycles. The number of carbonyl (C=O) groups is 1. The van der Waals surface area contributed by atoms with E-state index in [0.717, 1.165) is 11.8 Å². The number of benzene rings is 1. The number of hydrogen-bond acceptors (Lipinski definition) is 7. The summed E-state index contributed by atoms with van der Waals surface area (Å²) in [4.78, 5) is 23.1. The van der Waals surface area contributed by atoms with Gasteiger partial charge in [-0.15, -0.1) is 10.2 Å². The van der Waals surface area contributed by atoms with Crippen molar-refractivity contribution in [1.29, 1.82) is 0 Å². The van der Waals surface area contributed by atoms with Gasteiger partial charge in [-0.2, -0.15) is 0 Å². The van der Waals surface area contributed by atoms with Crippen molar-refractivity contribution >= 4 is 23.4 Å². The molecule has 0 aliphatic carbocycles. The van der Waals surface area contributed by atoms with Crippen LogP contribution in [0.1, 0.15) is 16.8 Å². The van der Waals surface area contributed by atoms with Gasteiger partial charge in [0, 0.05) is 25.2 Å². The Morgan fingerprint density at radius 1 is 1.52 bits per heavy atom. The number of hydrogen-bond donors (Lipinski definition) is 2. The van der Waals surface area contributed by atoms with E-state index in [4.69, 9.17) is 5.73 Å². The molecule has 1 amide bonds. The molecule has 1 heterocycles. The lowest BCUT2D eigenvalue weighted by atomic mass is 10.2. The van der Waals surface area contributed by atoms with Crippen molar-refractivity contribution in [2.24, 2.45) is 12.8 Å². The minimum atomic E-state index is -0.518. The maximum Gasteiger partial charge on any atom is 0.284 e. The molecule has 0 bridgehead atoms. The Kier molecular flexibility index (Phi) is 5.66. The average molecular weight is 336 g/mol. The van der Waals surface area contributed by atoms with Gasteiger partial charge in [0.15, 0.2) is 5.16 Å². The Labute approximate surface area is 136 Å². The number of nitrogens with one attached hydrogen (secondary N) is 1. The van der Waals surface area contributed by atoms with E-state index >= 15 is 0 Å². The van der Waals surface area contributed by atoms with Gasteiger partial charge in [-0.1, -0.05) is 0 Å². The van der Waals surface area contributed by atoms with Crippen LogP contribution in [0.25, 0.3) is 0 Å². The van der Waals surface area contributed by atoms with E-state index in [9.17, 15) is 14.9 Å². The quantitative estimate of drug-likeness (QED) is 0.437. The van der Waals surface area contributed by atoms with E-state index in [1.54, 1.807) is 17.7 Å². The summed E-state index contributed by atoms with van der Waals surface area (Å²) in [5.74, 6) is -0.364. The van der Waals surface area contributed by atoms with Crippen LogP contribution in [-0.4, -0.2) is 38.7 Å². The molecule has 9 nitrogen and oxygen atoms in total. The van der Waals surface area contributed by atoms with Crippen molar-refractivity contribution in [1.82, 2.24) is 20.1 Å². The Morgan fingerprint density at radius 2 is 2.30 bits per heavy atom. The molecule has 0 radical (unpaired) electrons. The molecule has 0 aliphatic rings. The fourth-order valence-electron chi connectivity index (χ4n) is 1.76. The molecule has 10 heteroatoms. The molecular formula is C13H16N6O3S. The predicted molar refractivity (Wildman–Crippen MR) is 84.2 cm³/mol. The third kappa shape index (κ3) is 4.27. The molecule has 0 atom stereocenters. The Morgan fingerprint density at radius 3 is 2.91 bits per heavy atom. The lowest BCUT2D eigenvalue weighted by Gasteiger charge is -2.06. The van der Waals surface area contributed by atoms with E-state index < -0.39 is 4.92 Å². The molecule has 2 aromatic rings. The zero-order valence-corrected chi connectivity index (χ0v) is 13.2. The number of nitrogens with two attached hydrogens (primary N) is 1. The number of carbonyl (C=O) groups excluding carboxylic acids is 1. The topological polar surface area (TPSA) is 129 Å². The van der Waals surface area contributed by atoms with Gasteiger partial charge in [0.05, 0.1) is 9.82 Å². The second-order valence-electron chi connectivity index (χ2n) is 4.66. The van der Waals surface area contributed by atoms with Gasteiger partial charge in [0.25, 0.3) is 11.6 Å².